The zero-order valence-electron chi connectivity index (χ0n) is 14.6. The second-order valence-corrected chi connectivity index (χ2v) is 6.77. The molecule has 2 aliphatic carbocycles. The van der Waals surface area contributed by atoms with Crippen LogP contribution in [0.2, 0.25) is 0 Å². The number of carbonyl (C=O) groups is 1. The van der Waals surface area contributed by atoms with Crippen LogP contribution in [0.15, 0.2) is 60.4 Å². The summed E-state index contributed by atoms with van der Waals surface area (Å²) < 4.78 is 18.8. The van der Waals surface area contributed by atoms with Crippen LogP contribution in [0.4, 0.5) is 4.39 Å². The topological polar surface area (TPSA) is 51.2 Å². The minimum absolute atomic E-state index is 0.110. The maximum atomic E-state index is 13.0. The van der Waals surface area contributed by atoms with Crippen LogP contribution >= 0.6 is 0 Å². The van der Waals surface area contributed by atoms with Gasteiger partial charge in [-0.1, -0.05) is 6.08 Å². The quantitative estimate of drug-likeness (QED) is 0.915. The average molecular weight is 350 g/mol. The molecule has 1 aromatic heterocycles. The van der Waals surface area contributed by atoms with Crippen LogP contribution in [0, 0.1) is 18.7 Å². The first-order valence-electron chi connectivity index (χ1n) is 8.56. The molecule has 26 heavy (non-hydrogen) atoms. The van der Waals surface area contributed by atoms with Crippen molar-refractivity contribution in [1.29, 1.82) is 0 Å². The number of hydrogen-bond donors (Lipinski definition) is 1. The predicted octanol–water partition coefficient (Wildman–Crippen LogP) is 3.68. The standard InChI is InChI=1S/C21H19FN2O2/c1-13-9-14(20(25)23-2)10-19(24-13)21-8-7-18(11-15(21)12-21)26-17-5-3-16(22)4-6-17/h3-11,15H,12H2,1-2H3,(H,23,25). The second kappa shape index (κ2) is 6.09. The molecule has 1 aromatic carbocycles. The first-order valence-corrected chi connectivity index (χ1v) is 8.56. The molecule has 1 amide bonds. The molecule has 2 atom stereocenters. The zero-order valence-corrected chi connectivity index (χ0v) is 14.6. The third kappa shape index (κ3) is 2.90. The number of aryl methyl sites for hydroxylation is 1. The Bertz CT molecular complexity index is 934. The van der Waals surface area contributed by atoms with Gasteiger partial charge >= 0.3 is 0 Å². The van der Waals surface area contributed by atoms with Crippen LogP contribution in [-0.2, 0) is 5.41 Å². The number of pyridine rings is 1. The number of nitrogens with zero attached hydrogens (tertiary/aromatic N) is 1. The summed E-state index contributed by atoms with van der Waals surface area (Å²) in [6, 6.07) is 9.63. The fraction of sp³-hybridized carbons (Fsp3) is 0.238. The highest BCUT2D eigenvalue weighted by atomic mass is 19.1. The van der Waals surface area contributed by atoms with Crippen LogP contribution in [0.25, 0.3) is 0 Å². The molecule has 1 saturated carbocycles. The van der Waals surface area contributed by atoms with Crippen molar-refractivity contribution in [3.8, 4) is 5.75 Å². The molecule has 0 aliphatic heterocycles. The molecule has 4 nitrogen and oxygen atoms in total. The number of aromatic nitrogens is 1. The third-order valence-electron chi connectivity index (χ3n) is 4.94. The van der Waals surface area contributed by atoms with E-state index < -0.39 is 0 Å². The van der Waals surface area contributed by atoms with Crippen molar-refractivity contribution < 1.29 is 13.9 Å². The molecular weight excluding hydrogens is 331 g/mol. The summed E-state index contributed by atoms with van der Waals surface area (Å²) in [6.07, 6.45) is 7.04. The van der Waals surface area contributed by atoms with E-state index in [1.165, 1.54) is 12.1 Å². The number of carbonyl (C=O) groups excluding carboxylic acids is 1. The summed E-state index contributed by atoms with van der Waals surface area (Å²) in [5, 5.41) is 2.66. The minimum Gasteiger partial charge on any atom is -0.458 e. The molecule has 132 valence electrons. The van der Waals surface area contributed by atoms with E-state index in [0.29, 0.717) is 11.3 Å². The predicted molar refractivity (Wildman–Crippen MR) is 96.4 cm³/mol. The van der Waals surface area contributed by atoms with Crippen LogP contribution in [-0.4, -0.2) is 17.9 Å². The van der Waals surface area contributed by atoms with Gasteiger partial charge in [-0.3, -0.25) is 9.78 Å². The number of rotatable bonds is 4. The Hall–Kier alpha value is -2.95. The van der Waals surface area contributed by atoms with Gasteiger partial charge in [0.1, 0.15) is 17.3 Å². The van der Waals surface area contributed by atoms with Gasteiger partial charge in [0.2, 0.25) is 0 Å². The summed E-state index contributed by atoms with van der Waals surface area (Å²) >= 11 is 0. The van der Waals surface area contributed by atoms with E-state index in [0.717, 1.165) is 23.6 Å². The van der Waals surface area contributed by atoms with Crippen molar-refractivity contribution in [2.24, 2.45) is 5.92 Å². The summed E-state index contributed by atoms with van der Waals surface area (Å²) in [4.78, 5) is 16.6. The monoisotopic (exact) mass is 350 g/mol. The Kier molecular flexibility index (Phi) is 3.87. The lowest BCUT2D eigenvalue weighted by molar-refractivity contribution is 0.0962. The van der Waals surface area contributed by atoms with Gasteiger partial charge in [0.25, 0.3) is 5.91 Å². The molecule has 1 heterocycles. The van der Waals surface area contributed by atoms with Gasteiger partial charge in [0.15, 0.2) is 0 Å². The Balaban J connectivity index is 1.56. The van der Waals surface area contributed by atoms with Gasteiger partial charge in [-0.15, -0.1) is 0 Å². The number of amides is 1. The average Bonchev–Trinajstić information content (AvgIpc) is 3.37. The zero-order chi connectivity index (χ0) is 18.3. The van der Waals surface area contributed by atoms with Crippen LogP contribution < -0.4 is 10.1 Å². The fourth-order valence-electron chi connectivity index (χ4n) is 3.46. The van der Waals surface area contributed by atoms with Gasteiger partial charge < -0.3 is 10.1 Å². The largest absolute Gasteiger partial charge is 0.458 e. The second-order valence-electron chi connectivity index (χ2n) is 6.77. The number of halogens is 1. The molecule has 1 N–H and O–H groups in total. The summed E-state index contributed by atoms with van der Waals surface area (Å²) in [5.74, 6) is 1.24. The Labute approximate surface area is 151 Å². The van der Waals surface area contributed by atoms with Crippen molar-refractivity contribution >= 4 is 5.91 Å². The molecule has 0 spiro atoms. The molecule has 2 aromatic rings. The molecule has 0 bridgehead atoms. The fourth-order valence-corrected chi connectivity index (χ4v) is 3.46. The number of fused-ring (bicyclic) bond motifs is 1. The lowest BCUT2D eigenvalue weighted by atomic mass is 9.93. The van der Waals surface area contributed by atoms with E-state index >= 15 is 0 Å². The highest BCUT2D eigenvalue weighted by Crippen LogP contribution is 2.58. The van der Waals surface area contributed by atoms with Gasteiger partial charge in [-0.25, -0.2) is 4.39 Å². The smallest absolute Gasteiger partial charge is 0.251 e. The van der Waals surface area contributed by atoms with E-state index in [-0.39, 0.29) is 23.1 Å². The van der Waals surface area contributed by atoms with Crippen LogP contribution in [0.3, 0.4) is 0 Å². The Morgan fingerprint density at radius 1 is 1.31 bits per heavy atom. The van der Waals surface area contributed by atoms with E-state index in [2.05, 4.69) is 22.5 Å². The van der Waals surface area contributed by atoms with Gasteiger partial charge in [-0.2, -0.15) is 0 Å². The van der Waals surface area contributed by atoms with Crippen molar-refractivity contribution in [3.63, 3.8) is 0 Å². The molecule has 0 radical (unpaired) electrons. The summed E-state index contributed by atoms with van der Waals surface area (Å²) in [7, 11) is 1.62. The number of ether oxygens (including phenoxy) is 1. The SMILES string of the molecule is CNC(=O)c1cc(C)nc(C23C=CC(Oc4ccc(F)cc4)=CC2C3)c1. The van der Waals surface area contributed by atoms with Crippen LogP contribution in [0.5, 0.6) is 5.75 Å². The van der Waals surface area contributed by atoms with E-state index in [1.807, 2.05) is 19.1 Å². The highest BCUT2D eigenvalue weighted by Gasteiger charge is 2.55. The maximum Gasteiger partial charge on any atom is 0.251 e. The van der Waals surface area contributed by atoms with Crippen molar-refractivity contribution in [2.75, 3.05) is 7.05 Å². The summed E-state index contributed by atoms with van der Waals surface area (Å²) in [6.45, 7) is 1.90. The van der Waals surface area contributed by atoms with E-state index in [1.54, 1.807) is 25.2 Å². The normalized spacial score (nSPS) is 23.0. The van der Waals surface area contributed by atoms with Crippen molar-refractivity contribution in [3.05, 3.63) is 83.2 Å². The molecule has 1 fully saturated rings. The number of hydrogen-bond acceptors (Lipinski definition) is 3. The minimum atomic E-state index is -0.288. The van der Waals surface area contributed by atoms with Crippen molar-refractivity contribution in [2.45, 2.75) is 18.8 Å². The van der Waals surface area contributed by atoms with Gasteiger partial charge in [0, 0.05) is 23.7 Å². The first kappa shape index (κ1) is 16.5. The molecular formula is C21H19FN2O2. The Morgan fingerprint density at radius 2 is 2.08 bits per heavy atom. The lowest BCUT2D eigenvalue weighted by Crippen LogP contribution is -2.20. The highest BCUT2D eigenvalue weighted by molar-refractivity contribution is 5.94. The van der Waals surface area contributed by atoms with E-state index in [9.17, 15) is 9.18 Å². The molecule has 5 heteroatoms. The number of nitrogens with one attached hydrogen (secondary N) is 1. The lowest BCUT2D eigenvalue weighted by Gasteiger charge is -2.18. The van der Waals surface area contributed by atoms with E-state index in [4.69, 9.17) is 4.74 Å². The molecule has 2 unspecified atom stereocenters. The molecule has 4 rings (SSSR count). The number of allylic oxidation sites excluding steroid dienone is 3. The van der Waals surface area contributed by atoms with Crippen LogP contribution in [0.1, 0.15) is 28.2 Å². The van der Waals surface area contributed by atoms with Crippen molar-refractivity contribution in [1.82, 2.24) is 10.3 Å². The first-order chi connectivity index (χ1) is 12.5. The number of benzene rings is 1. The molecule has 0 saturated heterocycles. The Morgan fingerprint density at radius 3 is 2.77 bits per heavy atom. The van der Waals surface area contributed by atoms with Gasteiger partial charge in [0.05, 0.1) is 5.69 Å². The molecule has 2 aliphatic rings. The van der Waals surface area contributed by atoms with Gasteiger partial charge in [-0.05, 0) is 67.8 Å². The summed E-state index contributed by atoms with van der Waals surface area (Å²) in [5.41, 5.74) is 2.20. The third-order valence-corrected chi connectivity index (χ3v) is 4.94. The maximum absolute atomic E-state index is 13.0.